The van der Waals surface area contributed by atoms with Crippen molar-refractivity contribution in [3.63, 3.8) is 0 Å². The third-order valence-corrected chi connectivity index (χ3v) is 2.76. The highest BCUT2D eigenvalue weighted by Crippen LogP contribution is 2.16. The molecule has 0 radical (unpaired) electrons. The summed E-state index contributed by atoms with van der Waals surface area (Å²) in [5.41, 5.74) is 2.13. The third kappa shape index (κ3) is 4.23. The van der Waals surface area contributed by atoms with Gasteiger partial charge in [0, 0.05) is 24.3 Å². The Kier molecular flexibility index (Phi) is 5.50. The number of aliphatic hydroxyl groups is 1. The van der Waals surface area contributed by atoms with Crippen molar-refractivity contribution in [1.29, 1.82) is 0 Å². The summed E-state index contributed by atoms with van der Waals surface area (Å²) in [6.07, 6.45) is 0.485. The minimum absolute atomic E-state index is 0.403. The Morgan fingerprint density at radius 2 is 1.94 bits per heavy atom. The number of hydrogen-bond acceptors (Lipinski definition) is 5. The first-order valence-corrected chi connectivity index (χ1v) is 6.34. The Morgan fingerprint density at radius 1 is 1.28 bits per heavy atom. The fraction of sp³-hybridized carbons (Fsp3) is 0.692. The molecule has 1 rings (SSSR count). The molecule has 0 aliphatic heterocycles. The highest BCUT2D eigenvalue weighted by molar-refractivity contribution is 5.46. The van der Waals surface area contributed by atoms with Crippen LogP contribution in [0.3, 0.4) is 0 Å². The Balaban J connectivity index is 2.72. The van der Waals surface area contributed by atoms with Crippen LogP contribution in [-0.2, 0) is 6.42 Å². The molecule has 1 aromatic rings. The average molecular weight is 252 g/mol. The lowest BCUT2D eigenvalue weighted by atomic mass is 10.1. The first kappa shape index (κ1) is 14.9. The van der Waals surface area contributed by atoms with Crippen molar-refractivity contribution in [3.05, 3.63) is 17.1 Å². The van der Waals surface area contributed by atoms with Gasteiger partial charge in [0.15, 0.2) is 0 Å². The second-order valence-corrected chi connectivity index (χ2v) is 4.83. The number of nitrogens with one attached hydrogen (secondary N) is 1. The van der Waals surface area contributed by atoms with E-state index in [4.69, 9.17) is 0 Å². The number of hydrogen-bond donors (Lipinski definition) is 2. The van der Waals surface area contributed by atoms with Gasteiger partial charge in [-0.1, -0.05) is 6.92 Å². The third-order valence-electron chi connectivity index (χ3n) is 2.76. The number of likely N-dealkylation sites (N-methyl/N-ethyl adjacent to an activating group) is 1. The molecule has 0 amide bonds. The van der Waals surface area contributed by atoms with E-state index >= 15 is 0 Å². The summed E-state index contributed by atoms with van der Waals surface area (Å²) in [6, 6.07) is 0. The quantitative estimate of drug-likeness (QED) is 0.790. The zero-order valence-electron chi connectivity index (χ0n) is 12.0. The molecule has 0 fully saturated rings. The largest absolute Gasteiger partial charge is 0.390 e. The lowest BCUT2D eigenvalue weighted by Crippen LogP contribution is -2.32. The van der Waals surface area contributed by atoms with Crippen LogP contribution < -0.4 is 5.32 Å². The van der Waals surface area contributed by atoms with Gasteiger partial charge in [-0.2, -0.15) is 0 Å². The predicted octanol–water partition coefficient (Wildman–Crippen LogP) is 0.990. The number of anilines is 1. The maximum absolute atomic E-state index is 9.84. The van der Waals surface area contributed by atoms with Crippen LogP contribution in [0.25, 0.3) is 0 Å². The lowest BCUT2D eigenvalue weighted by molar-refractivity contribution is 0.148. The molecule has 0 spiro atoms. The molecule has 1 unspecified atom stereocenters. The first-order valence-electron chi connectivity index (χ1n) is 6.34. The van der Waals surface area contributed by atoms with Crippen LogP contribution >= 0.6 is 0 Å². The second kappa shape index (κ2) is 6.66. The maximum Gasteiger partial charge on any atom is 0.133 e. The van der Waals surface area contributed by atoms with Gasteiger partial charge >= 0.3 is 0 Å². The van der Waals surface area contributed by atoms with Crippen LogP contribution in [0.1, 0.15) is 24.0 Å². The van der Waals surface area contributed by atoms with Gasteiger partial charge in [0.25, 0.3) is 0 Å². The predicted molar refractivity (Wildman–Crippen MR) is 73.9 cm³/mol. The van der Waals surface area contributed by atoms with Crippen molar-refractivity contribution in [2.45, 2.75) is 33.3 Å². The number of aryl methyl sites for hydroxylation is 2. The molecule has 0 saturated carbocycles. The highest BCUT2D eigenvalue weighted by atomic mass is 16.3. The van der Waals surface area contributed by atoms with E-state index in [0.29, 0.717) is 13.1 Å². The summed E-state index contributed by atoms with van der Waals surface area (Å²) in [5.74, 6) is 1.61. The van der Waals surface area contributed by atoms with Gasteiger partial charge < -0.3 is 15.3 Å². The van der Waals surface area contributed by atoms with Gasteiger partial charge in [-0.05, 0) is 34.4 Å². The minimum atomic E-state index is -0.403. The van der Waals surface area contributed by atoms with E-state index in [2.05, 4.69) is 22.2 Å². The van der Waals surface area contributed by atoms with Gasteiger partial charge in [0.05, 0.1) is 6.10 Å². The summed E-state index contributed by atoms with van der Waals surface area (Å²) in [5, 5.41) is 13.1. The number of aliphatic hydroxyl groups excluding tert-OH is 1. The van der Waals surface area contributed by atoms with Crippen molar-refractivity contribution in [2.75, 3.05) is 32.5 Å². The molecule has 0 aromatic carbocycles. The monoisotopic (exact) mass is 252 g/mol. The van der Waals surface area contributed by atoms with Crippen LogP contribution in [0.5, 0.6) is 0 Å². The van der Waals surface area contributed by atoms with Crippen molar-refractivity contribution in [3.8, 4) is 0 Å². The molecule has 0 aliphatic rings. The van der Waals surface area contributed by atoms with E-state index < -0.39 is 6.10 Å². The molecule has 18 heavy (non-hydrogen) atoms. The fourth-order valence-electron chi connectivity index (χ4n) is 2.01. The summed E-state index contributed by atoms with van der Waals surface area (Å²) in [7, 11) is 3.89. The van der Waals surface area contributed by atoms with Gasteiger partial charge in [0.2, 0.25) is 0 Å². The Hall–Kier alpha value is -1.20. The lowest BCUT2D eigenvalue weighted by Gasteiger charge is -2.18. The topological polar surface area (TPSA) is 61.3 Å². The minimum Gasteiger partial charge on any atom is -0.390 e. The van der Waals surface area contributed by atoms with E-state index in [0.717, 1.165) is 29.3 Å². The van der Waals surface area contributed by atoms with Crippen molar-refractivity contribution in [1.82, 2.24) is 14.9 Å². The average Bonchev–Trinajstić information content (AvgIpc) is 2.24. The van der Waals surface area contributed by atoms with Crippen LogP contribution in [0.2, 0.25) is 0 Å². The Labute approximate surface area is 109 Å². The summed E-state index contributed by atoms with van der Waals surface area (Å²) < 4.78 is 0. The second-order valence-electron chi connectivity index (χ2n) is 4.83. The summed E-state index contributed by atoms with van der Waals surface area (Å²) in [4.78, 5) is 10.7. The number of nitrogens with zero attached hydrogens (tertiary/aromatic N) is 3. The smallest absolute Gasteiger partial charge is 0.133 e. The maximum atomic E-state index is 9.84. The van der Waals surface area contributed by atoms with Crippen molar-refractivity contribution in [2.24, 2.45) is 0 Å². The molecule has 5 heteroatoms. The molecule has 102 valence electrons. The van der Waals surface area contributed by atoms with E-state index in [9.17, 15) is 5.11 Å². The SMILES string of the molecule is CCc1c(C)nc(C)nc1NCC(O)CN(C)C. The summed E-state index contributed by atoms with van der Waals surface area (Å²) in [6.45, 7) is 7.10. The molecule has 1 atom stereocenters. The first-order chi connectivity index (χ1) is 8.43. The normalized spacial score (nSPS) is 12.8. The van der Waals surface area contributed by atoms with E-state index in [-0.39, 0.29) is 0 Å². The highest BCUT2D eigenvalue weighted by Gasteiger charge is 2.10. The van der Waals surface area contributed by atoms with Gasteiger partial charge in [0.1, 0.15) is 11.6 Å². The van der Waals surface area contributed by atoms with Gasteiger partial charge in [-0.25, -0.2) is 9.97 Å². The van der Waals surface area contributed by atoms with Gasteiger partial charge in [-0.15, -0.1) is 0 Å². The van der Waals surface area contributed by atoms with Gasteiger partial charge in [-0.3, -0.25) is 0 Å². The van der Waals surface area contributed by atoms with Crippen molar-refractivity contribution < 1.29 is 5.11 Å². The molecule has 2 N–H and O–H groups in total. The van der Waals surface area contributed by atoms with Crippen molar-refractivity contribution >= 4 is 5.82 Å². The fourth-order valence-corrected chi connectivity index (χ4v) is 2.01. The Morgan fingerprint density at radius 3 is 2.50 bits per heavy atom. The number of rotatable bonds is 6. The Bertz CT molecular complexity index is 393. The van der Waals surface area contributed by atoms with E-state index in [1.165, 1.54) is 0 Å². The molecular weight excluding hydrogens is 228 g/mol. The zero-order chi connectivity index (χ0) is 13.7. The van der Waals surface area contributed by atoms with Crippen LogP contribution in [0.15, 0.2) is 0 Å². The zero-order valence-corrected chi connectivity index (χ0v) is 12.0. The van der Waals surface area contributed by atoms with Crippen LogP contribution in [0.4, 0.5) is 5.82 Å². The number of aromatic nitrogens is 2. The van der Waals surface area contributed by atoms with E-state index in [1.807, 2.05) is 32.8 Å². The molecule has 0 aliphatic carbocycles. The summed E-state index contributed by atoms with van der Waals surface area (Å²) >= 11 is 0. The molecule has 0 bridgehead atoms. The molecule has 1 aromatic heterocycles. The molecule has 5 nitrogen and oxygen atoms in total. The molecule has 0 saturated heterocycles. The van der Waals surface area contributed by atoms with E-state index in [1.54, 1.807) is 0 Å². The van der Waals surface area contributed by atoms with Crippen LogP contribution in [-0.4, -0.2) is 53.3 Å². The molecule has 1 heterocycles. The van der Waals surface area contributed by atoms with Crippen LogP contribution in [0, 0.1) is 13.8 Å². The molecular formula is C13H24N4O. The standard InChI is InChI=1S/C13H24N4O/c1-6-12-9(2)15-10(3)16-13(12)14-7-11(18)8-17(4)5/h11,18H,6-8H2,1-5H3,(H,14,15,16).